The van der Waals surface area contributed by atoms with Gasteiger partial charge in [-0.2, -0.15) is 4.31 Å². The van der Waals surface area contributed by atoms with Crippen LogP contribution in [0.15, 0.2) is 41.4 Å². The molecular formula is C22H27N5O5S. The van der Waals surface area contributed by atoms with E-state index in [9.17, 15) is 22.8 Å². The fourth-order valence-electron chi connectivity index (χ4n) is 4.23. The fourth-order valence-corrected chi connectivity index (χ4v) is 5.72. The topological polar surface area (TPSA) is 126 Å². The molecule has 0 bridgehead atoms. The molecule has 2 aliphatic heterocycles. The number of piperazine rings is 1. The molecular weight excluding hydrogens is 446 g/mol. The highest BCUT2D eigenvalue weighted by atomic mass is 32.2. The zero-order valence-electron chi connectivity index (χ0n) is 18.4. The molecule has 33 heavy (non-hydrogen) atoms. The lowest BCUT2D eigenvalue weighted by molar-refractivity contribution is -0.128. The molecule has 176 valence electrons. The second-order valence-corrected chi connectivity index (χ2v) is 10.3. The van der Waals surface area contributed by atoms with E-state index < -0.39 is 15.9 Å². The largest absolute Gasteiger partial charge is 0.364 e. The summed E-state index contributed by atoms with van der Waals surface area (Å²) < 4.78 is 28.6. The lowest BCUT2D eigenvalue weighted by Crippen LogP contribution is -2.50. The van der Waals surface area contributed by atoms with E-state index in [1.165, 1.54) is 21.1 Å². The number of nitrogens with two attached hydrogens (primary N) is 1. The summed E-state index contributed by atoms with van der Waals surface area (Å²) in [4.78, 5) is 39.6. The van der Waals surface area contributed by atoms with Crippen molar-refractivity contribution in [2.75, 3.05) is 32.7 Å². The quantitative estimate of drug-likeness (QED) is 0.650. The van der Waals surface area contributed by atoms with Gasteiger partial charge in [-0.15, -0.1) is 0 Å². The van der Waals surface area contributed by atoms with E-state index >= 15 is 0 Å². The standard InChI is InChI=1S/C22H27N5O5S/c1-24-15-18(13-19(24)21(23)29)33(31,32)27-11-9-25(10-12-27)22(30)17-6-4-16(5-7-17)14-26-8-2-3-20(26)28/h4-7,13,15H,2-3,8-12,14H2,1H3,(H2,23,29). The monoisotopic (exact) mass is 473 g/mol. The SMILES string of the molecule is Cn1cc(S(=O)(=O)N2CCN(C(=O)c3ccc(CN4CCCC4=O)cc3)CC2)cc1C(N)=O. The Morgan fingerprint density at radius 3 is 2.24 bits per heavy atom. The maximum atomic E-state index is 13.0. The molecule has 2 saturated heterocycles. The van der Waals surface area contributed by atoms with Gasteiger partial charge in [0.05, 0.1) is 0 Å². The predicted octanol–water partition coefficient (Wildman–Crippen LogP) is 0.393. The van der Waals surface area contributed by atoms with E-state index in [-0.39, 0.29) is 48.6 Å². The maximum absolute atomic E-state index is 13.0. The number of carbonyl (C=O) groups is 3. The Morgan fingerprint density at radius 2 is 1.70 bits per heavy atom. The molecule has 2 N–H and O–H groups in total. The average molecular weight is 474 g/mol. The summed E-state index contributed by atoms with van der Waals surface area (Å²) in [5.41, 5.74) is 6.89. The molecule has 11 heteroatoms. The van der Waals surface area contributed by atoms with Gasteiger partial charge in [-0.3, -0.25) is 14.4 Å². The molecule has 3 heterocycles. The molecule has 4 rings (SSSR count). The van der Waals surface area contributed by atoms with Crippen molar-refractivity contribution in [3.8, 4) is 0 Å². The van der Waals surface area contributed by atoms with E-state index in [4.69, 9.17) is 5.73 Å². The second-order valence-electron chi connectivity index (χ2n) is 8.35. The van der Waals surface area contributed by atoms with Crippen LogP contribution in [0, 0.1) is 0 Å². The number of nitrogens with zero attached hydrogens (tertiary/aromatic N) is 4. The van der Waals surface area contributed by atoms with Gasteiger partial charge in [0.25, 0.3) is 11.8 Å². The molecule has 1 aromatic carbocycles. The first-order valence-corrected chi connectivity index (χ1v) is 12.2. The molecule has 3 amide bonds. The summed E-state index contributed by atoms with van der Waals surface area (Å²) in [7, 11) is -2.24. The summed E-state index contributed by atoms with van der Waals surface area (Å²) in [5.74, 6) is -0.705. The summed E-state index contributed by atoms with van der Waals surface area (Å²) in [6, 6.07) is 8.47. The number of primary amides is 1. The lowest BCUT2D eigenvalue weighted by atomic mass is 10.1. The molecule has 0 unspecified atom stereocenters. The molecule has 0 spiro atoms. The van der Waals surface area contributed by atoms with Crippen molar-refractivity contribution >= 4 is 27.7 Å². The third-order valence-electron chi connectivity index (χ3n) is 6.14. The molecule has 0 aliphatic carbocycles. The number of amides is 3. The van der Waals surface area contributed by atoms with E-state index in [1.54, 1.807) is 24.1 Å². The lowest BCUT2D eigenvalue weighted by Gasteiger charge is -2.33. The van der Waals surface area contributed by atoms with Gasteiger partial charge < -0.3 is 20.1 Å². The number of aromatic nitrogens is 1. The minimum Gasteiger partial charge on any atom is -0.364 e. The number of benzene rings is 1. The molecule has 2 aromatic rings. The minimum atomic E-state index is -3.80. The van der Waals surface area contributed by atoms with Gasteiger partial charge in [-0.25, -0.2) is 8.42 Å². The number of rotatable bonds is 6. The van der Waals surface area contributed by atoms with Crippen molar-refractivity contribution < 1.29 is 22.8 Å². The van der Waals surface area contributed by atoms with Gasteiger partial charge >= 0.3 is 0 Å². The molecule has 0 saturated carbocycles. The number of sulfonamides is 1. The predicted molar refractivity (Wildman–Crippen MR) is 120 cm³/mol. The van der Waals surface area contributed by atoms with Gasteiger partial charge in [-0.1, -0.05) is 12.1 Å². The Labute approximate surface area is 192 Å². The van der Waals surface area contributed by atoms with Crippen molar-refractivity contribution in [3.63, 3.8) is 0 Å². The smallest absolute Gasteiger partial charge is 0.265 e. The van der Waals surface area contributed by atoms with E-state index in [1.807, 2.05) is 17.0 Å². The van der Waals surface area contributed by atoms with E-state index in [0.29, 0.717) is 18.5 Å². The first kappa shape index (κ1) is 23.0. The van der Waals surface area contributed by atoms with Crippen LogP contribution in [0.4, 0.5) is 0 Å². The first-order valence-electron chi connectivity index (χ1n) is 10.8. The molecule has 1 aromatic heterocycles. The number of likely N-dealkylation sites (tertiary alicyclic amines) is 1. The number of hydrogen-bond acceptors (Lipinski definition) is 5. The highest BCUT2D eigenvalue weighted by molar-refractivity contribution is 7.89. The Hall–Kier alpha value is -3.18. The van der Waals surface area contributed by atoms with Crippen LogP contribution < -0.4 is 5.73 Å². The molecule has 10 nitrogen and oxygen atoms in total. The number of carbonyl (C=O) groups excluding carboxylic acids is 3. The Morgan fingerprint density at radius 1 is 1.03 bits per heavy atom. The van der Waals surface area contributed by atoms with Crippen molar-refractivity contribution in [1.29, 1.82) is 0 Å². The maximum Gasteiger partial charge on any atom is 0.265 e. The van der Waals surface area contributed by atoms with Crippen molar-refractivity contribution in [3.05, 3.63) is 53.3 Å². The van der Waals surface area contributed by atoms with Crippen LogP contribution in [0.5, 0.6) is 0 Å². The highest BCUT2D eigenvalue weighted by Gasteiger charge is 2.32. The summed E-state index contributed by atoms with van der Waals surface area (Å²) in [5, 5.41) is 0. The van der Waals surface area contributed by atoms with Crippen LogP contribution in [0.3, 0.4) is 0 Å². The van der Waals surface area contributed by atoms with Crippen LogP contribution in [-0.2, 0) is 28.4 Å². The number of aryl methyl sites for hydroxylation is 1. The fraction of sp³-hybridized carbons (Fsp3) is 0.409. The summed E-state index contributed by atoms with van der Waals surface area (Å²) in [6.07, 6.45) is 2.84. The summed E-state index contributed by atoms with van der Waals surface area (Å²) >= 11 is 0. The van der Waals surface area contributed by atoms with Gasteiger partial charge in [0.2, 0.25) is 15.9 Å². The number of hydrogen-bond donors (Lipinski definition) is 1. The molecule has 2 fully saturated rings. The third-order valence-corrected chi connectivity index (χ3v) is 8.01. The zero-order chi connectivity index (χ0) is 23.8. The van der Waals surface area contributed by atoms with E-state index in [2.05, 4.69) is 0 Å². The van der Waals surface area contributed by atoms with Crippen molar-refractivity contribution in [2.45, 2.75) is 24.3 Å². The van der Waals surface area contributed by atoms with Gasteiger partial charge in [0, 0.05) is 64.5 Å². The van der Waals surface area contributed by atoms with Crippen LogP contribution in [-0.4, -0.2) is 77.5 Å². The average Bonchev–Trinajstić information content (AvgIpc) is 3.39. The Kier molecular flexibility index (Phi) is 6.26. The van der Waals surface area contributed by atoms with Gasteiger partial charge in [-0.05, 0) is 30.2 Å². The van der Waals surface area contributed by atoms with Gasteiger partial charge in [0.1, 0.15) is 10.6 Å². The minimum absolute atomic E-state index is 0.00523. The molecule has 0 atom stereocenters. The van der Waals surface area contributed by atoms with Crippen molar-refractivity contribution in [2.24, 2.45) is 12.8 Å². The van der Waals surface area contributed by atoms with Crippen LogP contribution in [0.25, 0.3) is 0 Å². The Bertz CT molecular complexity index is 1180. The highest BCUT2D eigenvalue weighted by Crippen LogP contribution is 2.21. The molecule has 2 aliphatic rings. The third kappa shape index (κ3) is 4.64. The first-order chi connectivity index (χ1) is 15.7. The van der Waals surface area contributed by atoms with Crippen LogP contribution in [0.2, 0.25) is 0 Å². The second kappa shape index (κ2) is 8.99. The Balaban J connectivity index is 1.37. The summed E-state index contributed by atoms with van der Waals surface area (Å²) in [6.45, 7) is 2.14. The van der Waals surface area contributed by atoms with Crippen LogP contribution in [0.1, 0.15) is 39.3 Å². The molecule has 0 radical (unpaired) electrons. The normalized spacial score (nSPS) is 17.5. The van der Waals surface area contributed by atoms with Crippen LogP contribution >= 0.6 is 0 Å². The zero-order valence-corrected chi connectivity index (χ0v) is 19.3. The van der Waals surface area contributed by atoms with Gasteiger partial charge in [0.15, 0.2) is 0 Å². The van der Waals surface area contributed by atoms with E-state index in [0.717, 1.165) is 18.5 Å². The van der Waals surface area contributed by atoms with Crippen molar-refractivity contribution in [1.82, 2.24) is 18.7 Å².